The Morgan fingerprint density at radius 2 is 2.09 bits per heavy atom. The monoisotopic (exact) mass is 174 g/mol. The third-order valence-electron chi connectivity index (χ3n) is 2.54. The minimum Gasteiger partial charge on any atom is -0.295 e. The van der Waals surface area contributed by atoms with Gasteiger partial charge in [0.1, 0.15) is 0 Å². The third-order valence-corrected chi connectivity index (χ3v) is 3.10. The van der Waals surface area contributed by atoms with Gasteiger partial charge in [-0.15, -0.1) is 0 Å². The van der Waals surface area contributed by atoms with E-state index in [0.29, 0.717) is 0 Å². The maximum Gasteiger partial charge on any atom is 0.223 e. The van der Waals surface area contributed by atoms with Crippen LogP contribution in [0.5, 0.6) is 0 Å². The van der Waals surface area contributed by atoms with Gasteiger partial charge in [-0.25, -0.2) is 10.4 Å². The molecule has 0 aromatic rings. The summed E-state index contributed by atoms with van der Waals surface area (Å²) in [5.41, 5.74) is 2.31. The molecule has 4 heteroatoms. The zero-order valence-electron chi connectivity index (χ0n) is 7.59. The van der Waals surface area contributed by atoms with Crippen LogP contribution in [0.2, 0.25) is 0 Å². The van der Waals surface area contributed by atoms with Gasteiger partial charge in [-0.2, -0.15) is 0 Å². The highest BCUT2D eigenvalue weighted by molar-refractivity contribution is 7.80. The van der Waals surface area contributed by atoms with E-state index in [1.165, 1.54) is 0 Å². The minimum atomic E-state index is 0.131. The summed E-state index contributed by atoms with van der Waals surface area (Å²) < 4.78 is 0. The molecular formula is C7H16N3S+. The van der Waals surface area contributed by atoms with Crippen LogP contribution >= 0.6 is 12.2 Å². The molecule has 0 bridgehead atoms. The maximum absolute atomic E-state index is 5.20. The van der Waals surface area contributed by atoms with Crippen molar-refractivity contribution in [3.05, 3.63) is 0 Å². The summed E-state index contributed by atoms with van der Waals surface area (Å²) in [5, 5.41) is 2.92. The van der Waals surface area contributed by atoms with Crippen LogP contribution in [0.3, 0.4) is 0 Å². The molecule has 0 saturated carbocycles. The van der Waals surface area contributed by atoms with Gasteiger partial charge in [-0.1, -0.05) is 6.92 Å². The lowest BCUT2D eigenvalue weighted by atomic mass is 10.1. The first-order valence-electron chi connectivity index (χ1n) is 3.88. The first-order valence-corrected chi connectivity index (χ1v) is 4.29. The van der Waals surface area contributed by atoms with Crippen molar-refractivity contribution in [2.24, 2.45) is 0 Å². The third kappa shape index (κ3) is 1.20. The van der Waals surface area contributed by atoms with Crippen molar-refractivity contribution in [3.8, 4) is 0 Å². The number of thiocarbonyl (C=S) groups is 1. The van der Waals surface area contributed by atoms with Crippen LogP contribution in [0, 0.1) is 0 Å². The molecule has 0 spiro atoms. The first-order chi connectivity index (χ1) is 5.01. The normalized spacial score (nSPS) is 31.8. The van der Waals surface area contributed by atoms with Gasteiger partial charge in [0.15, 0.2) is 5.66 Å². The Bertz CT molecular complexity index is 183. The van der Waals surface area contributed by atoms with E-state index in [2.05, 4.69) is 24.2 Å². The largest absolute Gasteiger partial charge is 0.295 e. The van der Waals surface area contributed by atoms with E-state index in [1.54, 1.807) is 0 Å². The second-order valence-corrected chi connectivity index (χ2v) is 3.66. The Morgan fingerprint density at radius 3 is 2.27 bits per heavy atom. The van der Waals surface area contributed by atoms with Gasteiger partial charge in [0.05, 0.1) is 7.05 Å². The summed E-state index contributed by atoms with van der Waals surface area (Å²) >= 11 is 5.20. The lowest BCUT2D eigenvalue weighted by molar-refractivity contribution is -0.829. The quantitative estimate of drug-likeness (QED) is 0.438. The lowest BCUT2D eigenvalue weighted by Gasteiger charge is -2.25. The van der Waals surface area contributed by atoms with E-state index in [9.17, 15) is 0 Å². The zero-order chi connectivity index (χ0) is 8.65. The van der Waals surface area contributed by atoms with Gasteiger partial charge in [0.25, 0.3) is 0 Å². The number of rotatable bonds is 1. The van der Waals surface area contributed by atoms with E-state index >= 15 is 0 Å². The van der Waals surface area contributed by atoms with E-state index in [4.69, 9.17) is 12.2 Å². The molecule has 1 rings (SSSR count). The molecule has 0 aliphatic carbocycles. The van der Waals surface area contributed by atoms with Crippen LogP contribution in [0.4, 0.5) is 0 Å². The maximum atomic E-state index is 5.20. The predicted octanol–water partition coefficient (Wildman–Crippen LogP) is -0.247. The number of nitrogens with zero attached hydrogens (tertiary/aromatic N) is 2. The van der Waals surface area contributed by atoms with Crippen molar-refractivity contribution >= 4 is 17.3 Å². The lowest BCUT2D eigenvalue weighted by Crippen LogP contribution is -2.99. The van der Waals surface area contributed by atoms with Gasteiger partial charge in [0, 0.05) is 20.4 Å². The number of hydrogen-bond acceptors (Lipinski definition) is 1. The van der Waals surface area contributed by atoms with E-state index in [0.717, 1.165) is 11.5 Å². The molecule has 1 heterocycles. The van der Waals surface area contributed by atoms with Crippen molar-refractivity contribution in [1.29, 1.82) is 0 Å². The summed E-state index contributed by atoms with van der Waals surface area (Å²) in [7, 11) is 4.05. The average molecular weight is 174 g/mol. The smallest absolute Gasteiger partial charge is 0.223 e. The predicted molar refractivity (Wildman–Crippen MR) is 48.7 cm³/mol. The Morgan fingerprint density at radius 1 is 1.55 bits per heavy atom. The first kappa shape index (κ1) is 8.74. The Kier molecular flexibility index (Phi) is 2.07. The van der Waals surface area contributed by atoms with Gasteiger partial charge in [-0.05, 0) is 12.2 Å². The molecule has 1 aliphatic heterocycles. The molecule has 1 unspecified atom stereocenters. The molecule has 0 radical (unpaired) electrons. The van der Waals surface area contributed by atoms with Crippen molar-refractivity contribution in [2.45, 2.75) is 25.9 Å². The van der Waals surface area contributed by atoms with Crippen molar-refractivity contribution in [1.82, 2.24) is 9.91 Å². The molecule has 3 nitrogen and oxygen atoms in total. The molecule has 1 fully saturated rings. The second-order valence-electron chi connectivity index (χ2n) is 3.29. The fourth-order valence-corrected chi connectivity index (χ4v) is 1.60. The van der Waals surface area contributed by atoms with Crippen LogP contribution < -0.4 is 5.43 Å². The van der Waals surface area contributed by atoms with Crippen LogP contribution in [-0.2, 0) is 0 Å². The van der Waals surface area contributed by atoms with Crippen LogP contribution in [0.25, 0.3) is 0 Å². The molecule has 1 aliphatic rings. The molecular weight excluding hydrogens is 158 g/mol. The molecule has 1 saturated heterocycles. The fraction of sp³-hybridized carbons (Fsp3) is 0.857. The summed E-state index contributed by atoms with van der Waals surface area (Å²) in [5.74, 6) is 0. The molecule has 0 aromatic carbocycles. The summed E-state index contributed by atoms with van der Waals surface area (Å²) in [6.45, 7) is 4.37. The summed E-state index contributed by atoms with van der Waals surface area (Å²) in [6, 6.07) is 0. The molecule has 0 aromatic heterocycles. The number of hydrogen-bond donors (Lipinski definition) is 1. The van der Waals surface area contributed by atoms with Gasteiger partial charge in [-0.3, -0.25) is 4.90 Å². The van der Waals surface area contributed by atoms with E-state index in [1.807, 2.05) is 19.1 Å². The highest BCUT2D eigenvalue weighted by Gasteiger charge is 2.42. The average Bonchev–Trinajstić information content (AvgIpc) is 2.17. The number of nitrogens with two attached hydrogens (primary N) is 1. The Hall–Kier alpha value is -0.350. The van der Waals surface area contributed by atoms with Gasteiger partial charge in [0.2, 0.25) is 5.11 Å². The SMILES string of the molecule is CCC1(C)[NH2+]N(C)C(=S)N1C. The van der Waals surface area contributed by atoms with Crippen molar-refractivity contribution in [2.75, 3.05) is 14.1 Å². The van der Waals surface area contributed by atoms with Crippen LogP contribution in [-0.4, -0.2) is 34.8 Å². The number of quaternary nitrogens is 1. The Labute approximate surface area is 73.3 Å². The topological polar surface area (TPSA) is 23.1 Å². The molecule has 11 heavy (non-hydrogen) atoms. The highest BCUT2D eigenvalue weighted by Crippen LogP contribution is 2.14. The summed E-state index contributed by atoms with van der Waals surface area (Å²) in [6.07, 6.45) is 1.09. The molecule has 1 atom stereocenters. The molecule has 2 N–H and O–H groups in total. The van der Waals surface area contributed by atoms with Crippen LogP contribution in [0.1, 0.15) is 20.3 Å². The second kappa shape index (κ2) is 2.60. The van der Waals surface area contributed by atoms with Gasteiger partial charge >= 0.3 is 0 Å². The van der Waals surface area contributed by atoms with Crippen molar-refractivity contribution in [3.63, 3.8) is 0 Å². The standard InChI is InChI=1S/C7H15N3S/c1-5-7(2)8-10(4)6(11)9(7)3/h8H,5H2,1-4H3/p+1. The highest BCUT2D eigenvalue weighted by atomic mass is 32.1. The van der Waals surface area contributed by atoms with Crippen LogP contribution in [0.15, 0.2) is 0 Å². The minimum absolute atomic E-state index is 0.131. The van der Waals surface area contributed by atoms with E-state index < -0.39 is 0 Å². The fourth-order valence-electron chi connectivity index (χ4n) is 1.34. The van der Waals surface area contributed by atoms with E-state index in [-0.39, 0.29) is 5.66 Å². The van der Waals surface area contributed by atoms with Crippen molar-refractivity contribution < 1.29 is 5.43 Å². The van der Waals surface area contributed by atoms with Gasteiger partial charge < -0.3 is 0 Å². The Balaban J connectivity index is 2.82. The molecule has 0 amide bonds. The summed E-state index contributed by atoms with van der Waals surface area (Å²) in [4.78, 5) is 2.14. The zero-order valence-corrected chi connectivity index (χ0v) is 8.40. The molecule has 64 valence electrons.